The molecule has 0 saturated carbocycles. The fourth-order valence-electron chi connectivity index (χ4n) is 2.98. The van der Waals surface area contributed by atoms with Crippen molar-refractivity contribution in [1.82, 2.24) is 10.3 Å². The molecule has 138 valence electrons. The van der Waals surface area contributed by atoms with Crippen LogP contribution in [0.15, 0.2) is 12.3 Å². The largest absolute Gasteiger partial charge is 0.444 e. The standard InChI is InChI=1S/C19H29N3O3/c1-13-11-15(16(14(2)23)20-12-13)22-9-7-19(6,8-10-22)21-17(24)25-18(3,4)5/h11-12H,7-10H2,1-6H3,(H,21,24). The zero-order chi connectivity index (χ0) is 18.8. The average Bonchev–Trinajstić information content (AvgIpc) is 2.45. The first-order valence-corrected chi connectivity index (χ1v) is 8.73. The molecule has 0 aliphatic carbocycles. The molecule has 0 atom stereocenters. The van der Waals surface area contributed by atoms with E-state index in [1.54, 1.807) is 13.1 Å². The number of carbonyl (C=O) groups excluding carboxylic acids is 2. The number of nitrogens with zero attached hydrogens (tertiary/aromatic N) is 2. The van der Waals surface area contributed by atoms with Crippen molar-refractivity contribution >= 4 is 17.6 Å². The molecule has 0 bridgehead atoms. The molecule has 1 aliphatic heterocycles. The number of pyridine rings is 1. The zero-order valence-electron chi connectivity index (χ0n) is 16.1. The lowest BCUT2D eigenvalue weighted by molar-refractivity contribution is 0.0448. The predicted octanol–water partition coefficient (Wildman–Crippen LogP) is 3.48. The quantitative estimate of drug-likeness (QED) is 0.848. The Bertz CT molecular complexity index is 656. The van der Waals surface area contributed by atoms with Crippen LogP contribution < -0.4 is 10.2 Å². The molecule has 1 aliphatic rings. The number of aryl methyl sites for hydroxylation is 1. The number of aromatic nitrogens is 1. The molecular weight excluding hydrogens is 318 g/mol. The molecule has 6 heteroatoms. The predicted molar refractivity (Wildman–Crippen MR) is 98.2 cm³/mol. The van der Waals surface area contributed by atoms with Gasteiger partial charge in [0.15, 0.2) is 5.78 Å². The minimum atomic E-state index is -0.509. The third-order valence-corrected chi connectivity index (χ3v) is 4.35. The van der Waals surface area contributed by atoms with Crippen LogP contribution in [0, 0.1) is 6.92 Å². The molecule has 0 spiro atoms. The van der Waals surface area contributed by atoms with Gasteiger partial charge in [0.2, 0.25) is 0 Å². The summed E-state index contributed by atoms with van der Waals surface area (Å²) in [6.45, 7) is 12.6. The first-order valence-electron chi connectivity index (χ1n) is 8.73. The van der Waals surface area contributed by atoms with Crippen LogP contribution in [-0.4, -0.2) is 41.1 Å². The molecule has 1 amide bonds. The van der Waals surface area contributed by atoms with Crippen molar-refractivity contribution in [2.75, 3.05) is 18.0 Å². The fraction of sp³-hybridized carbons (Fsp3) is 0.632. The van der Waals surface area contributed by atoms with Gasteiger partial charge >= 0.3 is 6.09 Å². The lowest BCUT2D eigenvalue weighted by atomic mass is 9.89. The lowest BCUT2D eigenvalue weighted by Crippen LogP contribution is -2.54. The van der Waals surface area contributed by atoms with E-state index in [0.717, 1.165) is 37.2 Å². The van der Waals surface area contributed by atoms with Crippen LogP contribution in [0.3, 0.4) is 0 Å². The monoisotopic (exact) mass is 347 g/mol. The van der Waals surface area contributed by atoms with Crippen LogP contribution in [0.5, 0.6) is 0 Å². The van der Waals surface area contributed by atoms with Crippen LogP contribution in [0.25, 0.3) is 0 Å². The van der Waals surface area contributed by atoms with Gasteiger partial charge in [-0.05, 0) is 59.1 Å². The Morgan fingerprint density at radius 1 is 1.28 bits per heavy atom. The molecule has 0 unspecified atom stereocenters. The molecule has 1 saturated heterocycles. The number of ketones is 1. The van der Waals surface area contributed by atoms with E-state index in [0.29, 0.717) is 5.69 Å². The first kappa shape index (κ1) is 19.2. The molecule has 2 rings (SSSR count). The van der Waals surface area contributed by atoms with E-state index in [2.05, 4.69) is 15.2 Å². The van der Waals surface area contributed by atoms with Crippen LogP contribution in [0.4, 0.5) is 10.5 Å². The summed E-state index contributed by atoms with van der Waals surface area (Å²) in [5, 5.41) is 3.00. The fourth-order valence-corrected chi connectivity index (χ4v) is 2.98. The van der Waals surface area contributed by atoms with Gasteiger partial charge in [-0.2, -0.15) is 0 Å². The minimum absolute atomic E-state index is 0.0322. The number of nitrogens with one attached hydrogen (secondary N) is 1. The second kappa shape index (κ2) is 7.02. The van der Waals surface area contributed by atoms with Gasteiger partial charge in [-0.3, -0.25) is 9.78 Å². The normalized spacial score (nSPS) is 17.1. The molecule has 1 aromatic heterocycles. The Hall–Kier alpha value is -2.11. The lowest BCUT2D eigenvalue weighted by Gasteiger charge is -2.41. The summed E-state index contributed by atoms with van der Waals surface area (Å²) in [6, 6.07) is 2.01. The maximum absolute atomic E-state index is 12.1. The third-order valence-electron chi connectivity index (χ3n) is 4.35. The number of ether oxygens (including phenoxy) is 1. The van der Waals surface area contributed by atoms with Crippen molar-refractivity contribution in [2.24, 2.45) is 0 Å². The second-order valence-electron chi connectivity index (χ2n) is 8.11. The molecule has 2 heterocycles. The van der Waals surface area contributed by atoms with Gasteiger partial charge in [-0.15, -0.1) is 0 Å². The number of carbonyl (C=O) groups is 2. The maximum Gasteiger partial charge on any atom is 0.408 e. The minimum Gasteiger partial charge on any atom is -0.444 e. The van der Waals surface area contributed by atoms with Crippen LogP contribution in [-0.2, 0) is 4.74 Å². The summed E-state index contributed by atoms with van der Waals surface area (Å²) in [5.41, 5.74) is 1.60. The van der Waals surface area contributed by atoms with Crippen molar-refractivity contribution in [2.45, 2.75) is 65.5 Å². The van der Waals surface area contributed by atoms with Gasteiger partial charge < -0.3 is 15.0 Å². The van der Waals surface area contributed by atoms with E-state index in [-0.39, 0.29) is 17.4 Å². The van der Waals surface area contributed by atoms with E-state index < -0.39 is 5.60 Å². The van der Waals surface area contributed by atoms with Gasteiger partial charge in [0.05, 0.1) is 5.69 Å². The molecule has 0 aromatic carbocycles. The van der Waals surface area contributed by atoms with Crippen molar-refractivity contribution in [3.63, 3.8) is 0 Å². The van der Waals surface area contributed by atoms with Gasteiger partial charge in [0, 0.05) is 31.7 Å². The van der Waals surface area contributed by atoms with Gasteiger partial charge in [0.25, 0.3) is 0 Å². The highest BCUT2D eigenvalue weighted by Crippen LogP contribution is 2.29. The smallest absolute Gasteiger partial charge is 0.408 e. The Kier molecular flexibility index (Phi) is 5.40. The van der Waals surface area contributed by atoms with Crippen LogP contribution >= 0.6 is 0 Å². The average molecular weight is 347 g/mol. The van der Waals surface area contributed by atoms with E-state index in [4.69, 9.17) is 4.74 Å². The Balaban J connectivity index is 2.05. The van der Waals surface area contributed by atoms with Crippen LogP contribution in [0.2, 0.25) is 0 Å². The Labute approximate surface area is 150 Å². The summed E-state index contributed by atoms with van der Waals surface area (Å²) in [6.07, 6.45) is 2.89. The zero-order valence-corrected chi connectivity index (χ0v) is 16.1. The van der Waals surface area contributed by atoms with Crippen molar-refractivity contribution in [3.8, 4) is 0 Å². The molecule has 1 N–H and O–H groups in total. The number of hydrogen-bond donors (Lipinski definition) is 1. The number of hydrogen-bond acceptors (Lipinski definition) is 5. The summed E-state index contributed by atoms with van der Waals surface area (Å²) in [4.78, 5) is 30.4. The van der Waals surface area contributed by atoms with Crippen LogP contribution in [0.1, 0.15) is 63.5 Å². The van der Waals surface area contributed by atoms with Crippen molar-refractivity contribution in [1.29, 1.82) is 0 Å². The third kappa shape index (κ3) is 5.18. The number of alkyl carbamates (subject to hydrolysis) is 1. The molecule has 0 radical (unpaired) electrons. The Morgan fingerprint density at radius 3 is 2.40 bits per heavy atom. The summed E-state index contributed by atoms with van der Waals surface area (Å²) in [7, 11) is 0. The topological polar surface area (TPSA) is 71.5 Å². The van der Waals surface area contributed by atoms with E-state index in [1.165, 1.54) is 0 Å². The van der Waals surface area contributed by atoms with Crippen molar-refractivity contribution in [3.05, 3.63) is 23.5 Å². The highest BCUT2D eigenvalue weighted by atomic mass is 16.6. The summed E-state index contributed by atoms with van der Waals surface area (Å²) in [5.74, 6) is -0.0322. The van der Waals surface area contributed by atoms with Gasteiger partial charge in [0.1, 0.15) is 11.3 Å². The van der Waals surface area contributed by atoms with Crippen molar-refractivity contribution < 1.29 is 14.3 Å². The maximum atomic E-state index is 12.1. The highest BCUT2D eigenvalue weighted by Gasteiger charge is 2.34. The molecule has 1 fully saturated rings. The number of piperidine rings is 1. The molecule has 25 heavy (non-hydrogen) atoms. The first-order chi connectivity index (χ1) is 11.5. The molecular formula is C19H29N3O3. The van der Waals surface area contributed by atoms with Gasteiger partial charge in [-0.25, -0.2) is 4.79 Å². The van der Waals surface area contributed by atoms with Gasteiger partial charge in [-0.1, -0.05) is 0 Å². The summed E-state index contributed by atoms with van der Waals surface area (Å²) < 4.78 is 5.37. The van der Waals surface area contributed by atoms with E-state index in [1.807, 2.05) is 40.7 Å². The van der Waals surface area contributed by atoms with E-state index in [9.17, 15) is 9.59 Å². The SMILES string of the molecule is CC(=O)c1ncc(C)cc1N1CCC(C)(NC(=O)OC(C)(C)C)CC1. The molecule has 6 nitrogen and oxygen atoms in total. The van der Waals surface area contributed by atoms with E-state index >= 15 is 0 Å². The highest BCUT2D eigenvalue weighted by molar-refractivity contribution is 5.97. The number of rotatable bonds is 3. The number of Topliss-reactive ketones (excluding diaryl/α,β-unsaturated/α-hetero) is 1. The summed E-state index contributed by atoms with van der Waals surface area (Å²) >= 11 is 0. The number of amides is 1. The Morgan fingerprint density at radius 2 is 1.88 bits per heavy atom. The second-order valence-corrected chi connectivity index (χ2v) is 8.11. The number of anilines is 1. The molecule has 1 aromatic rings.